The van der Waals surface area contributed by atoms with Crippen LogP contribution in [0.25, 0.3) is 6.08 Å². The van der Waals surface area contributed by atoms with Crippen LogP contribution in [0.15, 0.2) is 60.4 Å². The first-order valence-electron chi connectivity index (χ1n) is 6.53. The molecule has 1 fully saturated rings. The Morgan fingerprint density at radius 3 is 2.45 bits per heavy atom. The van der Waals surface area contributed by atoms with Crippen LogP contribution in [0.4, 0.5) is 10.5 Å². The summed E-state index contributed by atoms with van der Waals surface area (Å²) in [6.45, 7) is 0. The van der Waals surface area contributed by atoms with Crippen molar-refractivity contribution in [1.29, 1.82) is 0 Å². The summed E-state index contributed by atoms with van der Waals surface area (Å²) in [4.78, 5) is 41.2. The number of benzene rings is 1. The van der Waals surface area contributed by atoms with Crippen LogP contribution >= 0.6 is 0 Å². The Morgan fingerprint density at radius 2 is 1.77 bits per heavy atom. The number of nitrogens with one attached hydrogen (secondary N) is 1. The van der Waals surface area contributed by atoms with Crippen LogP contribution in [0, 0.1) is 0 Å². The lowest BCUT2D eigenvalue weighted by atomic mass is 10.1. The summed E-state index contributed by atoms with van der Waals surface area (Å²) in [5.41, 5.74) is 0.884. The lowest BCUT2D eigenvalue weighted by Crippen LogP contribution is -2.54. The van der Waals surface area contributed by atoms with Gasteiger partial charge in [-0.3, -0.25) is 19.9 Å². The maximum atomic E-state index is 12.5. The van der Waals surface area contributed by atoms with E-state index in [0.29, 0.717) is 11.3 Å². The second-order valence-electron chi connectivity index (χ2n) is 4.58. The molecule has 1 aromatic heterocycles. The highest BCUT2D eigenvalue weighted by atomic mass is 16.2. The van der Waals surface area contributed by atoms with E-state index < -0.39 is 17.8 Å². The lowest BCUT2D eigenvalue weighted by molar-refractivity contribution is -0.122. The number of nitrogens with zero attached hydrogens (tertiary/aromatic N) is 2. The number of hydrogen-bond donors (Lipinski definition) is 1. The molecule has 1 saturated heterocycles. The summed E-state index contributed by atoms with van der Waals surface area (Å²) in [6, 6.07) is 11.1. The Labute approximate surface area is 126 Å². The number of pyridine rings is 1. The number of amides is 4. The molecule has 6 heteroatoms. The molecule has 1 aliphatic rings. The summed E-state index contributed by atoms with van der Waals surface area (Å²) < 4.78 is 0. The minimum Gasteiger partial charge on any atom is -0.273 e. The molecule has 0 radical (unpaired) electrons. The molecule has 22 heavy (non-hydrogen) atoms. The third kappa shape index (κ3) is 2.49. The molecule has 4 amide bonds. The van der Waals surface area contributed by atoms with E-state index in [2.05, 4.69) is 10.3 Å². The number of rotatable bonds is 2. The highest BCUT2D eigenvalue weighted by Gasteiger charge is 2.36. The summed E-state index contributed by atoms with van der Waals surface area (Å²) in [6.07, 6.45) is 4.52. The Kier molecular flexibility index (Phi) is 3.49. The van der Waals surface area contributed by atoms with Gasteiger partial charge in [-0.05, 0) is 29.8 Å². The molecule has 108 valence electrons. The van der Waals surface area contributed by atoms with Crippen LogP contribution in [0.2, 0.25) is 0 Å². The molecule has 1 aromatic carbocycles. The smallest absolute Gasteiger partial charge is 0.273 e. The van der Waals surface area contributed by atoms with Gasteiger partial charge in [0.2, 0.25) is 0 Å². The predicted molar refractivity (Wildman–Crippen MR) is 79.7 cm³/mol. The van der Waals surface area contributed by atoms with Crippen molar-refractivity contribution < 1.29 is 14.4 Å². The number of para-hydroxylation sites is 1. The molecule has 6 nitrogen and oxygen atoms in total. The third-order valence-corrected chi connectivity index (χ3v) is 3.11. The van der Waals surface area contributed by atoms with Crippen LogP contribution in [0.1, 0.15) is 5.56 Å². The van der Waals surface area contributed by atoms with Gasteiger partial charge in [0, 0.05) is 12.4 Å². The van der Waals surface area contributed by atoms with E-state index in [4.69, 9.17) is 0 Å². The SMILES string of the molecule is O=C1NC(=O)N(c2ccccc2)C(=O)/C1=C\c1cccnc1. The maximum Gasteiger partial charge on any atom is 0.335 e. The zero-order valence-electron chi connectivity index (χ0n) is 11.4. The van der Waals surface area contributed by atoms with E-state index in [-0.39, 0.29) is 5.57 Å². The number of urea groups is 1. The van der Waals surface area contributed by atoms with Crippen molar-refractivity contribution in [3.05, 3.63) is 66.0 Å². The second kappa shape index (κ2) is 5.61. The van der Waals surface area contributed by atoms with E-state index in [1.165, 1.54) is 12.3 Å². The second-order valence-corrected chi connectivity index (χ2v) is 4.58. The van der Waals surface area contributed by atoms with Crippen molar-refractivity contribution >= 4 is 29.6 Å². The molecule has 0 atom stereocenters. The van der Waals surface area contributed by atoms with Crippen LogP contribution in [0.5, 0.6) is 0 Å². The number of carbonyl (C=O) groups is 3. The molecule has 3 rings (SSSR count). The average Bonchev–Trinajstić information content (AvgIpc) is 2.53. The molecule has 0 saturated carbocycles. The van der Waals surface area contributed by atoms with Crippen LogP contribution in [-0.4, -0.2) is 22.8 Å². The Hall–Kier alpha value is -3.28. The van der Waals surface area contributed by atoms with E-state index in [1.54, 1.807) is 48.7 Å². The Bertz CT molecular complexity index is 770. The third-order valence-electron chi connectivity index (χ3n) is 3.11. The monoisotopic (exact) mass is 293 g/mol. The van der Waals surface area contributed by atoms with Gasteiger partial charge in [0.25, 0.3) is 11.8 Å². The van der Waals surface area contributed by atoms with Crippen LogP contribution in [0.3, 0.4) is 0 Å². The number of barbiturate groups is 1. The van der Waals surface area contributed by atoms with Crippen LogP contribution in [-0.2, 0) is 9.59 Å². The number of anilines is 1. The first-order chi connectivity index (χ1) is 10.7. The van der Waals surface area contributed by atoms with E-state index in [9.17, 15) is 14.4 Å². The quantitative estimate of drug-likeness (QED) is 0.675. The van der Waals surface area contributed by atoms with E-state index in [1.807, 2.05) is 0 Å². The van der Waals surface area contributed by atoms with Crippen molar-refractivity contribution in [2.75, 3.05) is 4.90 Å². The van der Waals surface area contributed by atoms with E-state index >= 15 is 0 Å². The first kappa shape index (κ1) is 13.7. The van der Waals surface area contributed by atoms with Crippen LogP contribution < -0.4 is 10.2 Å². The fraction of sp³-hybridized carbons (Fsp3) is 0. The number of carbonyl (C=O) groups excluding carboxylic acids is 3. The number of aromatic nitrogens is 1. The lowest BCUT2D eigenvalue weighted by Gasteiger charge is -2.26. The highest BCUT2D eigenvalue weighted by molar-refractivity contribution is 6.39. The average molecular weight is 293 g/mol. The van der Waals surface area contributed by atoms with Crippen molar-refractivity contribution in [2.24, 2.45) is 0 Å². The molecule has 2 heterocycles. The molecular formula is C16H11N3O3. The van der Waals surface area contributed by atoms with Gasteiger partial charge in [-0.1, -0.05) is 24.3 Å². The fourth-order valence-corrected chi connectivity index (χ4v) is 2.10. The van der Waals surface area contributed by atoms with Gasteiger partial charge >= 0.3 is 6.03 Å². The highest BCUT2D eigenvalue weighted by Crippen LogP contribution is 2.21. The fourth-order valence-electron chi connectivity index (χ4n) is 2.10. The Balaban J connectivity index is 2.02. The molecule has 2 aromatic rings. The largest absolute Gasteiger partial charge is 0.335 e. The van der Waals surface area contributed by atoms with Crippen molar-refractivity contribution in [3.63, 3.8) is 0 Å². The number of imide groups is 2. The predicted octanol–water partition coefficient (Wildman–Crippen LogP) is 1.75. The Morgan fingerprint density at radius 1 is 1.00 bits per heavy atom. The van der Waals surface area contributed by atoms with E-state index in [0.717, 1.165) is 4.90 Å². The normalized spacial score (nSPS) is 16.8. The van der Waals surface area contributed by atoms with Gasteiger partial charge in [0.1, 0.15) is 5.57 Å². The topological polar surface area (TPSA) is 79.4 Å². The summed E-state index contributed by atoms with van der Waals surface area (Å²) >= 11 is 0. The molecule has 0 aliphatic carbocycles. The zero-order chi connectivity index (χ0) is 15.5. The molecule has 0 unspecified atom stereocenters. The maximum absolute atomic E-state index is 12.5. The summed E-state index contributed by atoms with van der Waals surface area (Å²) in [7, 11) is 0. The summed E-state index contributed by atoms with van der Waals surface area (Å²) in [5, 5.41) is 2.17. The minimum atomic E-state index is -0.760. The number of hydrogen-bond acceptors (Lipinski definition) is 4. The molecule has 0 spiro atoms. The first-order valence-corrected chi connectivity index (χ1v) is 6.53. The standard InChI is InChI=1S/C16H11N3O3/c20-14-13(9-11-5-4-8-17-10-11)15(21)19(16(22)18-14)12-6-2-1-3-7-12/h1-10H,(H,18,20,22)/b13-9-. The zero-order valence-corrected chi connectivity index (χ0v) is 11.4. The van der Waals surface area contributed by atoms with Gasteiger partial charge in [-0.25, -0.2) is 9.69 Å². The van der Waals surface area contributed by atoms with Crippen molar-refractivity contribution in [3.8, 4) is 0 Å². The van der Waals surface area contributed by atoms with Gasteiger partial charge < -0.3 is 0 Å². The van der Waals surface area contributed by atoms with Gasteiger partial charge in [0.05, 0.1) is 5.69 Å². The molecular weight excluding hydrogens is 282 g/mol. The molecule has 1 N–H and O–H groups in total. The minimum absolute atomic E-state index is 0.114. The van der Waals surface area contributed by atoms with Gasteiger partial charge in [-0.2, -0.15) is 0 Å². The summed E-state index contributed by atoms with van der Waals surface area (Å²) in [5.74, 6) is -1.38. The molecule has 0 bridgehead atoms. The molecule has 1 aliphatic heterocycles. The van der Waals surface area contributed by atoms with Crippen molar-refractivity contribution in [2.45, 2.75) is 0 Å². The van der Waals surface area contributed by atoms with Crippen molar-refractivity contribution in [1.82, 2.24) is 10.3 Å². The van der Waals surface area contributed by atoms with Gasteiger partial charge in [0.15, 0.2) is 0 Å². The van der Waals surface area contributed by atoms with Gasteiger partial charge in [-0.15, -0.1) is 0 Å².